The molecule has 0 aliphatic heterocycles. The molecular weight excluding hydrogens is 280 g/mol. The van der Waals surface area contributed by atoms with E-state index < -0.39 is 11.4 Å². The number of primary amides is 1. The van der Waals surface area contributed by atoms with E-state index in [0.717, 1.165) is 19.3 Å². The Morgan fingerprint density at radius 3 is 2.55 bits per heavy atom. The number of nitriles is 1. The van der Waals surface area contributed by atoms with Crippen molar-refractivity contribution in [3.8, 4) is 6.07 Å². The lowest BCUT2D eigenvalue weighted by Gasteiger charge is -2.31. The molecule has 1 saturated carbocycles. The van der Waals surface area contributed by atoms with Gasteiger partial charge < -0.3 is 16.4 Å². The van der Waals surface area contributed by atoms with Crippen molar-refractivity contribution in [3.63, 3.8) is 0 Å². The Bertz CT molecular complexity index is 600. The summed E-state index contributed by atoms with van der Waals surface area (Å²) in [5, 5.41) is 15.1. The molecule has 1 aliphatic carbocycles. The van der Waals surface area contributed by atoms with Crippen LogP contribution in [0.25, 0.3) is 0 Å². The van der Waals surface area contributed by atoms with Crippen molar-refractivity contribution in [1.29, 1.82) is 5.26 Å². The lowest BCUT2D eigenvalue weighted by atomic mass is 9.83. The van der Waals surface area contributed by atoms with E-state index in [0.29, 0.717) is 24.1 Å². The first-order chi connectivity index (χ1) is 10.6. The van der Waals surface area contributed by atoms with E-state index in [2.05, 4.69) is 16.7 Å². The van der Waals surface area contributed by atoms with Crippen molar-refractivity contribution >= 4 is 17.5 Å². The zero-order valence-electron chi connectivity index (χ0n) is 12.4. The van der Waals surface area contributed by atoms with Crippen molar-refractivity contribution in [2.24, 2.45) is 5.73 Å². The molecular formula is C16H20N4O2. The second kappa shape index (κ2) is 6.94. The van der Waals surface area contributed by atoms with E-state index in [9.17, 15) is 14.9 Å². The fraction of sp³-hybridized carbons (Fsp3) is 0.438. The van der Waals surface area contributed by atoms with Gasteiger partial charge in [-0.25, -0.2) is 0 Å². The number of benzene rings is 1. The number of nitrogens with two attached hydrogens (primary N) is 1. The van der Waals surface area contributed by atoms with Crippen molar-refractivity contribution in [3.05, 3.63) is 29.8 Å². The molecule has 116 valence electrons. The summed E-state index contributed by atoms with van der Waals surface area (Å²) in [7, 11) is 0. The minimum atomic E-state index is -0.750. The summed E-state index contributed by atoms with van der Waals surface area (Å²) in [5.41, 5.74) is 5.39. The zero-order chi connectivity index (χ0) is 16.0. The number of hydrogen-bond donors (Lipinski definition) is 3. The van der Waals surface area contributed by atoms with E-state index in [1.165, 1.54) is 0 Å². The van der Waals surface area contributed by atoms with Crippen LogP contribution in [0, 0.1) is 11.3 Å². The molecule has 6 nitrogen and oxygen atoms in total. The largest absolute Gasteiger partial charge is 0.376 e. The third kappa shape index (κ3) is 3.76. The van der Waals surface area contributed by atoms with Crippen molar-refractivity contribution in [2.75, 3.05) is 11.9 Å². The molecule has 4 N–H and O–H groups in total. The highest BCUT2D eigenvalue weighted by Crippen LogP contribution is 2.27. The third-order valence-corrected chi connectivity index (χ3v) is 3.93. The molecule has 1 aliphatic rings. The number of nitrogens with zero attached hydrogens (tertiary/aromatic N) is 1. The minimum Gasteiger partial charge on any atom is -0.376 e. The van der Waals surface area contributed by atoms with E-state index in [1.807, 2.05) is 0 Å². The average molecular weight is 300 g/mol. The van der Waals surface area contributed by atoms with Gasteiger partial charge >= 0.3 is 0 Å². The number of hydrogen-bond acceptors (Lipinski definition) is 4. The van der Waals surface area contributed by atoms with E-state index in [1.54, 1.807) is 24.3 Å². The lowest BCUT2D eigenvalue weighted by Crippen LogP contribution is -2.50. The number of carbonyl (C=O) groups excluding carboxylic acids is 2. The van der Waals surface area contributed by atoms with Crippen molar-refractivity contribution in [1.82, 2.24) is 5.32 Å². The molecule has 0 unspecified atom stereocenters. The van der Waals surface area contributed by atoms with Gasteiger partial charge in [0.05, 0.1) is 18.2 Å². The number of nitrogens with one attached hydrogen (secondary N) is 2. The quantitative estimate of drug-likeness (QED) is 0.766. The summed E-state index contributed by atoms with van der Waals surface area (Å²) in [6, 6.07) is 8.99. The summed E-state index contributed by atoms with van der Waals surface area (Å²) < 4.78 is 0. The van der Waals surface area contributed by atoms with E-state index in [-0.39, 0.29) is 12.5 Å². The van der Waals surface area contributed by atoms with Crippen LogP contribution in [0.15, 0.2) is 24.3 Å². The van der Waals surface area contributed by atoms with Gasteiger partial charge in [-0.15, -0.1) is 0 Å². The number of anilines is 1. The van der Waals surface area contributed by atoms with Crippen LogP contribution in [0.5, 0.6) is 0 Å². The molecule has 1 aromatic carbocycles. The molecule has 0 bridgehead atoms. The topological polar surface area (TPSA) is 108 Å². The smallest absolute Gasteiger partial charge is 0.250 e. The molecule has 2 amide bonds. The van der Waals surface area contributed by atoms with Crippen LogP contribution in [0.3, 0.4) is 0 Å². The Morgan fingerprint density at radius 2 is 1.91 bits per heavy atom. The number of para-hydroxylation sites is 1. The van der Waals surface area contributed by atoms with Gasteiger partial charge in [0.15, 0.2) is 0 Å². The standard InChI is InChI=1S/C16H20N4O2/c17-11-16(8-4-1-5-9-16)20-14(21)10-19-13-7-3-2-6-12(13)15(18)22/h2-3,6-7,19H,1,4-5,8-10H2,(H2,18,22)(H,20,21). The summed E-state index contributed by atoms with van der Waals surface area (Å²) in [5.74, 6) is -0.813. The first-order valence-corrected chi connectivity index (χ1v) is 7.41. The molecule has 0 heterocycles. The first-order valence-electron chi connectivity index (χ1n) is 7.41. The molecule has 1 aromatic rings. The molecule has 1 fully saturated rings. The van der Waals surface area contributed by atoms with Gasteiger partial charge in [-0.05, 0) is 25.0 Å². The summed E-state index contributed by atoms with van der Waals surface area (Å²) in [4.78, 5) is 23.4. The predicted molar refractivity (Wildman–Crippen MR) is 83.0 cm³/mol. The van der Waals surface area contributed by atoms with Crippen LogP contribution in [0.2, 0.25) is 0 Å². The van der Waals surface area contributed by atoms with Crippen LogP contribution in [0.1, 0.15) is 42.5 Å². The molecule has 0 aromatic heterocycles. The van der Waals surface area contributed by atoms with E-state index in [4.69, 9.17) is 5.73 Å². The normalized spacial score (nSPS) is 16.3. The highest BCUT2D eigenvalue weighted by Gasteiger charge is 2.33. The maximum atomic E-state index is 12.1. The van der Waals surface area contributed by atoms with Gasteiger partial charge in [-0.3, -0.25) is 9.59 Å². The Morgan fingerprint density at radius 1 is 1.23 bits per heavy atom. The number of amides is 2. The average Bonchev–Trinajstić information content (AvgIpc) is 2.54. The molecule has 6 heteroatoms. The fourth-order valence-corrected chi connectivity index (χ4v) is 2.76. The van der Waals surface area contributed by atoms with Gasteiger partial charge in [0, 0.05) is 5.69 Å². The third-order valence-electron chi connectivity index (χ3n) is 3.93. The zero-order valence-corrected chi connectivity index (χ0v) is 12.4. The van der Waals surface area contributed by atoms with Gasteiger partial charge in [0.25, 0.3) is 5.91 Å². The minimum absolute atomic E-state index is 0.00623. The highest BCUT2D eigenvalue weighted by molar-refractivity contribution is 5.99. The van der Waals surface area contributed by atoms with Crippen LogP contribution in [-0.2, 0) is 4.79 Å². The fourth-order valence-electron chi connectivity index (χ4n) is 2.76. The van der Waals surface area contributed by atoms with Gasteiger partial charge in [-0.2, -0.15) is 5.26 Å². The predicted octanol–water partition coefficient (Wildman–Crippen LogP) is 1.54. The molecule has 2 rings (SSSR count). The van der Waals surface area contributed by atoms with Crippen LogP contribution < -0.4 is 16.4 Å². The van der Waals surface area contributed by atoms with Crippen molar-refractivity contribution < 1.29 is 9.59 Å². The monoisotopic (exact) mass is 300 g/mol. The highest BCUT2D eigenvalue weighted by atomic mass is 16.2. The molecule has 0 saturated heterocycles. The Hall–Kier alpha value is -2.55. The Kier molecular flexibility index (Phi) is 4.99. The summed E-state index contributed by atoms with van der Waals surface area (Å²) in [6.45, 7) is -0.00623. The second-order valence-electron chi connectivity index (χ2n) is 5.57. The Balaban J connectivity index is 1.96. The maximum Gasteiger partial charge on any atom is 0.250 e. The molecule has 0 atom stereocenters. The lowest BCUT2D eigenvalue weighted by molar-refractivity contribution is -0.121. The van der Waals surface area contributed by atoms with Crippen LogP contribution in [0.4, 0.5) is 5.69 Å². The SMILES string of the molecule is N#CC1(NC(=O)CNc2ccccc2C(N)=O)CCCCC1. The second-order valence-corrected chi connectivity index (χ2v) is 5.57. The van der Waals surface area contributed by atoms with Crippen molar-refractivity contribution in [2.45, 2.75) is 37.6 Å². The number of rotatable bonds is 5. The van der Waals surface area contributed by atoms with Gasteiger partial charge in [0.1, 0.15) is 5.54 Å². The summed E-state index contributed by atoms with van der Waals surface area (Å²) >= 11 is 0. The molecule has 22 heavy (non-hydrogen) atoms. The van der Waals surface area contributed by atoms with E-state index >= 15 is 0 Å². The summed E-state index contributed by atoms with van der Waals surface area (Å²) in [6.07, 6.45) is 4.38. The molecule has 0 spiro atoms. The first kappa shape index (κ1) is 15.8. The number of carbonyl (C=O) groups is 2. The molecule has 0 radical (unpaired) electrons. The van der Waals surface area contributed by atoms with Crippen LogP contribution in [-0.4, -0.2) is 23.9 Å². The Labute approximate surface area is 129 Å². The van der Waals surface area contributed by atoms with Gasteiger partial charge in [-0.1, -0.05) is 31.4 Å². The van der Waals surface area contributed by atoms with Crippen LogP contribution >= 0.6 is 0 Å². The van der Waals surface area contributed by atoms with Gasteiger partial charge in [0.2, 0.25) is 5.91 Å². The maximum absolute atomic E-state index is 12.1.